The van der Waals surface area contributed by atoms with Crippen molar-refractivity contribution in [3.63, 3.8) is 0 Å². The number of hydrogen-bond acceptors (Lipinski definition) is 5. The summed E-state index contributed by atoms with van der Waals surface area (Å²) in [5.74, 6) is 0.824. The lowest BCUT2D eigenvalue weighted by Crippen LogP contribution is -2.30. The number of carbonyl (C=O) groups is 1. The molecular weight excluding hydrogens is 475 g/mol. The molecule has 0 radical (unpaired) electrons. The summed E-state index contributed by atoms with van der Waals surface area (Å²) in [7, 11) is 0. The molecule has 0 aliphatic carbocycles. The molecule has 2 aromatic heterocycles. The van der Waals surface area contributed by atoms with E-state index < -0.39 is 0 Å². The first-order valence-corrected chi connectivity index (χ1v) is 12.6. The normalized spacial score (nSPS) is 13.2. The minimum absolute atomic E-state index is 0.164. The molecule has 0 N–H and O–H groups in total. The van der Waals surface area contributed by atoms with Gasteiger partial charge in [-0.3, -0.25) is 9.78 Å². The summed E-state index contributed by atoms with van der Waals surface area (Å²) in [5.41, 5.74) is 3.40. The molecule has 7 heteroatoms. The van der Waals surface area contributed by atoms with E-state index in [9.17, 15) is 9.18 Å². The molecule has 0 atom stereocenters. The van der Waals surface area contributed by atoms with Crippen molar-refractivity contribution in [1.29, 1.82) is 0 Å². The molecule has 2 aromatic carbocycles. The summed E-state index contributed by atoms with van der Waals surface area (Å²) in [6.07, 6.45) is 7.45. The number of fused-ring (bicyclic) bond motifs is 1. The standard InChI is InChI=1S/C29H25FN2O3S/c30-25-6-1-4-21(16-25)8-9-28(33)32-12-14-35-29-24(20-32)17-23(22-5-2-11-31-19-22)18-27(29)34-13-10-26-7-3-15-36-26/h1-9,11,15-19H,10,12-14,20H2/b9-8+. The fourth-order valence-electron chi connectivity index (χ4n) is 4.08. The quantitative estimate of drug-likeness (QED) is 0.292. The van der Waals surface area contributed by atoms with Crippen molar-refractivity contribution >= 4 is 23.3 Å². The van der Waals surface area contributed by atoms with Crippen LogP contribution in [0.5, 0.6) is 11.5 Å². The Bertz CT molecular complexity index is 1360. The zero-order valence-corrected chi connectivity index (χ0v) is 20.4. The third-order valence-corrected chi connectivity index (χ3v) is 6.80. The number of aromatic nitrogens is 1. The maximum absolute atomic E-state index is 13.5. The van der Waals surface area contributed by atoms with Crippen molar-refractivity contribution in [3.05, 3.63) is 106 Å². The smallest absolute Gasteiger partial charge is 0.246 e. The molecule has 36 heavy (non-hydrogen) atoms. The van der Waals surface area contributed by atoms with Gasteiger partial charge in [-0.05, 0) is 59.0 Å². The van der Waals surface area contributed by atoms with E-state index in [1.54, 1.807) is 46.8 Å². The van der Waals surface area contributed by atoms with E-state index in [0.29, 0.717) is 43.4 Å². The second-order valence-corrected chi connectivity index (χ2v) is 9.41. The molecule has 4 aromatic rings. The van der Waals surface area contributed by atoms with Crippen molar-refractivity contribution in [3.8, 4) is 22.6 Å². The summed E-state index contributed by atoms with van der Waals surface area (Å²) in [6.45, 7) is 1.67. The zero-order chi connectivity index (χ0) is 24.7. The topological polar surface area (TPSA) is 51.7 Å². The van der Waals surface area contributed by atoms with Gasteiger partial charge in [-0.1, -0.05) is 24.3 Å². The van der Waals surface area contributed by atoms with Crippen molar-refractivity contribution in [2.45, 2.75) is 13.0 Å². The van der Waals surface area contributed by atoms with Crippen LogP contribution < -0.4 is 9.47 Å². The zero-order valence-electron chi connectivity index (χ0n) is 19.6. The van der Waals surface area contributed by atoms with Crippen LogP contribution in [0.4, 0.5) is 4.39 Å². The third-order valence-electron chi connectivity index (χ3n) is 5.86. The molecule has 0 spiro atoms. The largest absolute Gasteiger partial charge is 0.489 e. The molecule has 0 fully saturated rings. The Morgan fingerprint density at radius 1 is 1.14 bits per heavy atom. The molecular formula is C29H25FN2O3S. The Balaban J connectivity index is 1.40. The second-order valence-electron chi connectivity index (χ2n) is 8.38. The highest BCUT2D eigenvalue weighted by molar-refractivity contribution is 7.09. The first kappa shape index (κ1) is 23.8. The number of ether oxygens (including phenoxy) is 2. The molecule has 1 aliphatic rings. The van der Waals surface area contributed by atoms with E-state index in [1.807, 2.05) is 30.3 Å². The highest BCUT2D eigenvalue weighted by Crippen LogP contribution is 2.38. The lowest BCUT2D eigenvalue weighted by atomic mass is 10.0. The van der Waals surface area contributed by atoms with Crippen LogP contribution in [0.2, 0.25) is 0 Å². The Kier molecular flexibility index (Phi) is 7.38. The molecule has 5 nitrogen and oxygen atoms in total. The number of rotatable bonds is 7. The van der Waals surface area contributed by atoms with Gasteiger partial charge in [-0.2, -0.15) is 0 Å². The SMILES string of the molecule is O=C(/C=C/c1cccc(F)c1)N1CCOc2c(cc(-c3cccnc3)cc2OCCc2cccs2)C1. The summed E-state index contributed by atoms with van der Waals surface area (Å²) >= 11 is 1.71. The predicted molar refractivity (Wildman–Crippen MR) is 140 cm³/mol. The van der Waals surface area contributed by atoms with Crippen LogP contribution in [0.3, 0.4) is 0 Å². The van der Waals surface area contributed by atoms with Crippen molar-refractivity contribution in [2.24, 2.45) is 0 Å². The Labute approximate surface area is 213 Å². The summed E-state index contributed by atoms with van der Waals surface area (Å²) in [6, 6.07) is 18.2. The maximum atomic E-state index is 13.5. The van der Waals surface area contributed by atoms with E-state index in [-0.39, 0.29) is 11.7 Å². The molecule has 5 rings (SSSR count). The van der Waals surface area contributed by atoms with Crippen molar-refractivity contribution in [2.75, 3.05) is 19.8 Å². The molecule has 3 heterocycles. The van der Waals surface area contributed by atoms with Crippen LogP contribution in [-0.4, -0.2) is 35.5 Å². The molecule has 182 valence electrons. The average Bonchev–Trinajstić information content (AvgIpc) is 3.32. The maximum Gasteiger partial charge on any atom is 0.246 e. The van der Waals surface area contributed by atoms with Crippen LogP contribution in [0, 0.1) is 5.82 Å². The molecule has 1 amide bonds. The monoisotopic (exact) mass is 500 g/mol. The van der Waals surface area contributed by atoms with Gasteiger partial charge in [0, 0.05) is 47.4 Å². The van der Waals surface area contributed by atoms with E-state index >= 15 is 0 Å². The fourth-order valence-corrected chi connectivity index (χ4v) is 4.77. The number of halogens is 1. The van der Waals surface area contributed by atoms with Crippen molar-refractivity contribution in [1.82, 2.24) is 9.88 Å². The van der Waals surface area contributed by atoms with Gasteiger partial charge in [0.2, 0.25) is 5.91 Å². The van der Waals surface area contributed by atoms with Crippen LogP contribution in [0.25, 0.3) is 17.2 Å². The Morgan fingerprint density at radius 2 is 2.08 bits per heavy atom. The van der Waals surface area contributed by atoms with E-state index in [1.165, 1.54) is 23.1 Å². The van der Waals surface area contributed by atoms with E-state index in [2.05, 4.69) is 16.4 Å². The van der Waals surface area contributed by atoms with Gasteiger partial charge >= 0.3 is 0 Å². The minimum Gasteiger partial charge on any atom is -0.489 e. The van der Waals surface area contributed by atoms with Crippen molar-refractivity contribution < 1.29 is 18.7 Å². The van der Waals surface area contributed by atoms with Crippen LogP contribution >= 0.6 is 11.3 Å². The van der Waals surface area contributed by atoms with Gasteiger partial charge < -0.3 is 14.4 Å². The highest BCUT2D eigenvalue weighted by Gasteiger charge is 2.23. The Morgan fingerprint density at radius 3 is 2.89 bits per heavy atom. The van der Waals surface area contributed by atoms with Gasteiger partial charge in [0.05, 0.1) is 13.2 Å². The lowest BCUT2D eigenvalue weighted by molar-refractivity contribution is -0.126. The second kappa shape index (κ2) is 11.2. The highest BCUT2D eigenvalue weighted by atomic mass is 32.1. The van der Waals surface area contributed by atoms with Crippen LogP contribution in [-0.2, 0) is 17.8 Å². The lowest BCUT2D eigenvalue weighted by Gasteiger charge is -2.19. The summed E-state index contributed by atoms with van der Waals surface area (Å²) in [5, 5.41) is 2.06. The number of thiophene rings is 1. The Hall–Kier alpha value is -3.97. The van der Waals surface area contributed by atoms with E-state index in [4.69, 9.17) is 9.47 Å². The summed E-state index contributed by atoms with van der Waals surface area (Å²) < 4.78 is 25.8. The average molecular weight is 501 g/mol. The minimum atomic E-state index is -0.337. The fraction of sp³-hybridized carbons (Fsp3) is 0.172. The number of amides is 1. The first-order chi connectivity index (χ1) is 17.7. The van der Waals surface area contributed by atoms with Gasteiger partial charge in [0.1, 0.15) is 12.4 Å². The third kappa shape index (κ3) is 5.80. The number of pyridine rings is 1. The summed E-state index contributed by atoms with van der Waals surface area (Å²) in [4.78, 5) is 20.2. The number of carbonyl (C=O) groups excluding carboxylic acids is 1. The van der Waals surface area contributed by atoms with Gasteiger partial charge in [-0.25, -0.2) is 4.39 Å². The molecule has 0 saturated carbocycles. The molecule has 0 bridgehead atoms. The number of nitrogens with zero attached hydrogens (tertiary/aromatic N) is 2. The first-order valence-electron chi connectivity index (χ1n) is 11.7. The number of benzene rings is 2. The molecule has 0 unspecified atom stereocenters. The van der Waals surface area contributed by atoms with Crippen LogP contribution in [0.15, 0.2) is 84.5 Å². The number of hydrogen-bond donors (Lipinski definition) is 0. The molecule has 0 saturated heterocycles. The van der Waals surface area contributed by atoms with E-state index in [0.717, 1.165) is 23.1 Å². The predicted octanol–water partition coefficient (Wildman–Crippen LogP) is 6.01. The van der Waals surface area contributed by atoms with Crippen LogP contribution in [0.1, 0.15) is 16.0 Å². The van der Waals surface area contributed by atoms with Gasteiger partial charge in [0.15, 0.2) is 11.5 Å². The van der Waals surface area contributed by atoms with Gasteiger partial charge in [-0.15, -0.1) is 11.3 Å². The molecule has 1 aliphatic heterocycles. The van der Waals surface area contributed by atoms with Gasteiger partial charge in [0.25, 0.3) is 0 Å².